The Morgan fingerprint density at radius 2 is 2.05 bits per heavy atom. The molecule has 1 atom stereocenters. The zero-order valence-electron chi connectivity index (χ0n) is 13.0. The van der Waals surface area contributed by atoms with Crippen molar-refractivity contribution in [2.24, 2.45) is 7.05 Å². The molecule has 2 aromatic rings. The van der Waals surface area contributed by atoms with E-state index in [0.717, 1.165) is 31.7 Å². The minimum absolute atomic E-state index is 0.237. The molecule has 0 bridgehead atoms. The van der Waals surface area contributed by atoms with E-state index < -0.39 is 0 Å². The standard InChI is InChI=1S/C17H20N4O/c1-19-15-6-4-3-5-14(15)17(16(19)22)8-10-21(12-17)11-13-7-9-18-20(13)2/h3-7,9H,8,10-12H2,1-2H3. The van der Waals surface area contributed by atoms with Gasteiger partial charge < -0.3 is 4.90 Å². The van der Waals surface area contributed by atoms with E-state index in [4.69, 9.17) is 0 Å². The molecule has 0 saturated carbocycles. The SMILES string of the molecule is CN1C(=O)C2(CCN(Cc3ccnn3C)C2)c2ccccc21. The number of aromatic nitrogens is 2. The molecule has 1 saturated heterocycles. The number of fused-ring (bicyclic) bond motifs is 2. The summed E-state index contributed by atoms with van der Waals surface area (Å²) in [6, 6.07) is 10.2. The van der Waals surface area contributed by atoms with Gasteiger partial charge in [0, 0.05) is 45.6 Å². The summed E-state index contributed by atoms with van der Waals surface area (Å²) in [5.74, 6) is 0.237. The fourth-order valence-corrected chi connectivity index (χ4v) is 3.92. The van der Waals surface area contributed by atoms with E-state index in [1.165, 1.54) is 11.3 Å². The summed E-state index contributed by atoms with van der Waals surface area (Å²) in [4.78, 5) is 17.1. The van der Waals surface area contributed by atoms with Crippen molar-refractivity contribution in [3.63, 3.8) is 0 Å². The van der Waals surface area contributed by atoms with Gasteiger partial charge in [-0.25, -0.2) is 0 Å². The van der Waals surface area contributed by atoms with Crippen LogP contribution < -0.4 is 4.90 Å². The molecule has 0 radical (unpaired) electrons. The minimum atomic E-state index is -0.357. The van der Waals surface area contributed by atoms with Crippen LogP contribution in [0.2, 0.25) is 0 Å². The maximum Gasteiger partial charge on any atom is 0.238 e. The number of benzene rings is 1. The van der Waals surface area contributed by atoms with Gasteiger partial charge in [-0.3, -0.25) is 14.4 Å². The zero-order chi connectivity index (χ0) is 15.3. The second kappa shape index (κ2) is 4.68. The van der Waals surface area contributed by atoms with Crippen molar-refractivity contribution in [2.75, 3.05) is 25.0 Å². The van der Waals surface area contributed by atoms with Crippen molar-refractivity contribution < 1.29 is 4.79 Å². The van der Waals surface area contributed by atoms with E-state index in [-0.39, 0.29) is 11.3 Å². The second-order valence-electron chi connectivity index (χ2n) is 6.37. The molecule has 0 N–H and O–H groups in total. The van der Waals surface area contributed by atoms with Crippen LogP contribution in [-0.4, -0.2) is 40.7 Å². The molecule has 3 heterocycles. The summed E-state index contributed by atoms with van der Waals surface area (Å²) in [7, 11) is 3.85. The first-order valence-electron chi connectivity index (χ1n) is 7.69. The van der Waals surface area contributed by atoms with Crippen LogP contribution in [0.25, 0.3) is 0 Å². The lowest BCUT2D eigenvalue weighted by Crippen LogP contribution is -2.41. The van der Waals surface area contributed by atoms with Crippen molar-refractivity contribution in [1.29, 1.82) is 0 Å². The lowest BCUT2D eigenvalue weighted by molar-refractivity contribution is -0.122. The van der Waals surface area contributed by atoms with Crippen LogP contribution in [0.15, 0.2) is 36.5 Å². The molecule has 1 aromatic carbocycles. The maximum atomic E-state index is 12.9. The van der Waals surface area contributed by atoms with Crippen molar-refractivity contribution >= 4 is 11.6 Å². The molecule has 114 valence electrons. The monoisotopic (exact) mass is 296 g/mol. The average Bonchev–Trinajstić information content (AvgIpc) is 3.18. The smallest absolute Gasteiger partial charge is 0.238 e. The minimum Gasteiger partial charge on any atom is -0.314 e. The number of para-hydroxylation sites is 1. The Balaban J connectivity index is 1.64. The largest absolute Gasteiger partial charge is 0.314 e. The molecule has 1 aromatic heterocycles. The van der Waals surface area contributed by atoms with Gasteiger partial charge in [0.05, 0.1) is 11.1 Å². The Morgan fingerprint density at radius 3 is 2.82 bits per heavy atom. The average molecular weight is 296 g/mol. The third-order valence-corrected chi connectivity index (χ3v) is 5.15. The molecule has 5 heteroatoms. The summed E-state index contributed by atoms with van der Waals surface area (Å²) >= 11 is 0. The molecule has 1 spiro atoms. The van der Waals surface area contributed by atoms with Gasteiger partial charge in [-0.1, -0.05) is 18.2 Å². The van der Waals surface area contributed by atoms with Crippen LogP contribution >= 0.6 is 0 Å². The molecule has 4 rings (SSSR count). The number of likely N-dealkylation sites (tertiary alicyclic amines) is 1. The Kier molecular flexibility index (Phi) is 2.87. The van der Waals surface area contributed by atoms with Gasteiger partial charge in [-0.05, 0) is 24.1 Å². The van der Waals surface area contributed by atoms with Crippen LogP contribution in [0.3, 0.4) is 0 Å². The van der Waals surface area contributed by atoms with Crippen LogP contribution in [-0.2, 0) is 23.8 Å². The quantitative estimate of drug-likeness (QED) is 0.844. The van der Waals surface area contributed by atoms with Crippen molar-refractivity contribution in [3.8, 4) is 0 Å². The summed E-state index contributed by atoms with van der Waals surface area (Å²) in [5, 5.41) is 4.23. The third-order valence-electron chi connectivity index (χ3n) is 5.15. The first-order chi connectivity index (χ1) is 10.6. The van der Waals surface area contributed by atoms with E-state index in [0.29, 0.717) is 0 Å². The Bertz CT molecular complexity index is 738. The number of hydrogen-bond acceptors (Lipinski definition) is 3. The van der Waals surface area contributed by atoms with Gasteiger partial charge >= 0.3 is 0 Å². The first kappa shape index (κ1) is 13.5. The van der Waals surface area contributed by atoms with Gasteiger partial charge in [0.1, 0.15) is 0 Å². The highest BCUT2D eigenvalue weighted by Gasteiger charge is 2.53. The van der Waals surface area contributed by atoms with Crippen LogP contribution in [0, 0.1) is 0 Å². The van der Waals surface area contributed by atoms with Gasteiger partial charge in [-0.2, -0.15) is 5.10 Å². The molecule has 0 aliphatic carbocycles. The van der Waals surface area contributed by atoms with E-state index in [1.54, 1.807) is 0 Å². The topological polar surface area (TPSA) is 41.4 Å². The molecule has 2 aliphatic rings. The van der Waals surface area contributed by atoms with E-state index in [9.17, 15) is 4.79 Å². The zero-order valence-corrected chi connectivity index (χ0v) is 13.0. The number of carbonyl (C=O) groups excluding carboxylic acids is 1. The number of carbonyl (C=O) groups is 1. The summed E-state index contributed by atoms with van der Waals surface area (Å²) in [6.45, 7) is 2.58. The van der Waals surface area contributed by atoms with Gasteiger partial charge in [0.25, 0.3) is 0 Å². The number of rotatable bonds is 2. The van der Waals surface area contributed by atoms with E-state index >= 15 is 0 Å². The number of amides is 1. The van der Waals surface area contributed by atoms with Crippen molar-refractivity contribution in [1.82, 2.24) is 14.7 Å². The fraction of sp³-hybridized carbons (Fsp3) is 0.412. The molecular weight excluding hydrogens is 276 g/mol. The lowest BCUT2D eigenvalue weighted by Gasteiger charge is -2.23. The highest BCUT2D eigenvalue weighted by molar-refractivity contribution is 6.08. The van der Waals surface area contributed by atoms with Gasteiger partial charge in [0.15, 0.2) is 0 Å². The molecular formula is C17H20N4O. The van der Waals surface area contributed by atoms with Crippen LogP contribution in [0.1, 0.15) is 17.7 Å². The summed E-state index contributed by atoms with van der Waals surface area (Å²) in [6.07, 6.45) is 2.72. The highest BCUT2D eigenvalue weighted by Crippen LogP contribution is 2.46. The fourth-order valence-electron chi connectivity index (χ4n) is 3.92. The molecule has 1 amide bonds. The molecule has 1 unspecified atom stereocenters. The first-order valence-corrected chi connectivity index (χ1v) is 7.69. The van der Waals surface area contributed by atoms with Crippen LogP contribution in [0.5, 0.6) is 0 Å². The summed E-state index contributed by atoms with van der Waals surface area (Å²) < 4.78 is 1.90. The van der Waals surface area contributed by atoms with E-state index in [2.05, 4.69) is 16.1 Å². The normalized spacial score (nSPS) is 24.5. The number of nitrogens with zero attached hydrogens (tertiary/aromatic N) is 4. The lowest BCUT2D eigenvalue weighted by atomic mass is 9.81. The number of aryl methyl sites for hydroxylation is 1. The predicted octanol–water partition coefficient (Wildman–Crippen LogP) is 1.54. The van der Waals surface area contributed by atoms with Gasteiger partial charge in [-0.15, -0.1) is 0 Å². The van der Waals surface area contributed by atoms with Crippen LogP contribution in [0.4, 0.5) is 5.69 Å². The molecule has 5 nitrogen and oxygen atoms in total. The number of anilines is 1. The van der Waals surface area contributed by atoms with Crippen molar-refractivity contribution in [3.05, 3.63) is 47.8 Å². The Labute approximate surface area is 130 Å². The Hall–Kier alpha value is -2.14. The third kappa shape index (κ3) is 1.75. The predicted molar refractivity (Wildman–Crippen MR) is 84.6 cm³/mol. The Morgan fingerprint density at radius 1 is 1.23 bits per heavy atom. The van der Waals surface area contributed by atoms with E-state index in [1.807, 2.05) is 54.1 Å². The second-order valence-corrected chi connectivity index (χ2v) is 6.37. The molecule has 2 aliphatic heterocycles. The molecule has 1 fully saturated rings. The van der Waals surface area contributed by atoms with Gasteiger partial charge in [0.2, 0.25) is 5.91 Å². The van der Waals surface area contributed by atoms with Crippen molar-refractivity contribution in [2.45, 2.75) is 18.4 Å². The molecule has 22 heavy (non-hydrogen) atoms. The number of hydrogen-bond donors (Lipinski definition) is 0. The number of likely N-dealkylation sites (N-methyl/N-ethyl adjacent to an activating group) is 1. The maximum absolute atomic E-state index is 12.9. The highest BCUT2D eigenvalue weighted by atomic mass is 16.2. The summed E-state index contributed by atoms with van der Waals surface area (Å²) in [5.41, 5.74) is 3.08.